The highest BCUT2D eigenvalue weighted by Gasteiger charge is 2.69. The van der Waals surface area contributed by atoms with Crippen LogP contribution >= 0.6 is 0 Å². The molecule has 33 heavy (non-hydrogen) atoms. The van der Waals surface area contributed by atoms with Crippen LogP contribution in [0.4, 0.5) is 0 Å². The van der Waals surface area contributed by atoms with E-state index in [-0.39, 0.29) is 53.9 Å². The number of fused-ring (bicyclic) bond motifs is 1. The Hall–Kier alpha value is -1.50. The van der Waals surface area contributed by atoms with Gasteiger partial charge >= 0.3 is 5.97 Å². The topological polar surface area (TPSA) is 99.9 Å². The number of hydrogen-bond acceptors (Lipinski definition) is 6. The van der Waals surface area contributed by atoms with Crippen LogP contribution in [-0.2, 0) is 15.1 Å². The van der Waals surface area contributed by atoms with Crippen molar-refractivity contribution in [3.05, 3.63) is 30.1 Å². The Morgan fingerprint density at radius 1 is 1.09 bits per heavy atom. The molecule has 0 amide bonds. The largest absolute Gasteiger partial charge is 0.463 e. The van der Waals surface area contributed by atoms with Crippen LogP contribution in [0.1, 0.15) is 78.3 Å². The van der Waals surface area contributed by atoms with Gasteiger partial charge in [-0.25, -0.2) is 0 Å². The molecule has 3 aliphatic carbocycles. The molecule has 3 aliphatic rings. The van der Waals surface area contributed by atoms with Gasteiger partial charge in [-0.2, -0.15) is 0 Å². The first-order chi connectivity index (χ1) is 15.6. The van der Waals surface area contributed by atoms with E-state index >= 15 is 0 Å². The standard InChI is InChI=1S/C27H41NO5/c1-18(31)33-20-8-10-24(2,19(15-20)16-29)21-9-11-26(4)25(3,22(21)17-30)12-13-27(26,32)23-7-5-6-14-28-23/h5-7,14,19-22,29-30,32H,8-13,15-17H2,1-4H3/t19-,20+,21+,22-,24+,25+,26+,27-/m1/s1. The summed E-state index contributed by atoms with van der Waals surface area (Å²) in [6.45, 7) is 8.26. The summed E-state index contributed by atoms with van der Waals surface area (Å²) in [7, 11) is 0. The van der Waals surface area contributed by atoms with Crippen molar-refractivity contribution in [3.63, 3.8) is 0 Å². The third-order valence-corrected chi connectivity index (χ3v) is 10.6. The Bertz CT molecular complexity index is 863. The molecule has 0 radical (unpaired) electrons. The first-order valence-electron chi connectivity index (χ1n) is 12.6. The van der Waals surface area contributed by atoms with E-state index in [1.165, 1.54) is 6.92 Å². The van der Waals surface area contributed by atoms with E-state index in [1.807, 2.05) is 18.2 Å². The van der Waals surface area contributed by atoms with Gasteiger partial charge in [-0.15, -0.1) is 0 Å². The summed E-state index contributed by atoms with van der Waals surface area (Å²) in [5.74, 6) is -0.0201. The monoisotopic (exact) mass is 459 g/mol. The number of hydrogen-bond donors (Lipinski definition) is 3. The lowest BCUT2D eigenvalue weighted by Crippen LogP contribution is -2.59. The van der Waals surface area contributed by atoms with Crippen molar-refractivity contribution < 1.29 is 24.9 Å². The van der Waals surface area contributed by atoms with Gasteiger partial charge < -0.3 is 20.1 Å². The lowest BCUT2D eigenvalue weighted by atomic mass is 9.43. The van der Waals surface area contributed by atoms with Crippen molar-refractivity contribution in [2.24, 2.45) is 34.0 Å². The summed E-state index contributed by atoms with van der Waals surface area (Å²) < 4.78 is 5.50. The van der Waals surface area contributed by atoms with Gasteiger partial charge in [-0.1, -0.05) is 26.8 Å². The van der Waals surface area contributed by atoms with Gasteiger partial charge in [0.1, 0.15) is 11.7 Å². The Morgan fingerprint density at radius 3 is 2.45 bits per heavy atom. The molecular weight excluding hydrogens is 418 g/mol. The number of aliphatic hydroxyl groups is 3. The van der Waals surface area contributed by atoms with Gasteiger partial charge in [0.15, 0.2) is 0 Å². The zero-order chi connectivity index (χ0) is 24.1. The molecule has 4 rings (SSSR count). The molecule has 0 spiro atoms. The number of nitrogens with zero attached hydrogens (tertiary/aromatic N) is 1. The third kappa shape index (κ3) is 3.55. The van der Waals surface area contributed by atoms with Crippen LogP contribution in [0, 0.1) is 34.0 Å². The molecule has 0 saturated heterocycles. The molecule has 8 atom stereocenters. The summed E-state index contributed by atoms with van der Waals surface area (Å²) in [6, 6.07) is 5.73. The number of rotatable bonds is 5. The average molecular weight is 460 g/mol. The zero-order valence-corrected chi connectivity index (χ0v) is 20.6. The molecule has 1 heterocycles. The van der Waals surface area contributed by atoms with E-state index in [4.69, 9.17) is 4.74 Å². The molecule has 6 nitrogen and oxygen atoms in total. The maximum atomic E-state index is 12.0. The minimum Gasteiger partial charge on any atom is -0.463 e. The molecule has 6 heteroatoms. The Labute approximate surface area is 197 Å². The summed E-state index contributed by atoms with van der Waals surface area (Å²) in [6.07, 6.45) is 7.09. The number of pyridine rings is 1. The molecule has 184 valence electrons. The first kappa shape index (κ1) is 24.6. The summed E-state index contributed by atoms with van der Waals surface area (Å²) in [4.78, 5) is 16.0. The lowest BCUT2D eigenvalue weighted by Gasteiger charge is -2.62. The predicted molar refractivity (Wildman–Crippen MR) is 125 cm³/mol. The van der Waals surface area contributed by atoms with Crippen molar-refractivity contribution in [1.29, 1.82) is 0 Å². The van der Waals surface area contributed by atoms with Crippen LogP contribution in [0.2, 0.25) is 0 Å². The van der Waals surface area contributed by atoms with Crippen molar-refractivity contribution in [1.82, 2.24) is 4.98 Å². The summed E-state index contributed by atoms with van der Waals surface area (Å²) in [5, 5.41) is 33.2. The number of ether oxygens (including phenoxy) is 1. The molecule has 0 unspecified atom stereocenters. The predicted octanol–water partition coefficient (Wildman–Crippen LogP) is 3.82. The fraction of sp³-hybridized carbons (Fsp3) is 0.778. The molecule has 0 aromatic carbocycles. The van der Waals surface area contributed by atoms with Crippen LogP contribution in [0.25, 0.3) is 0 Å². The molecule has 1 aromatic heterocycles. The van der Waals surface area contributed by atoms with Gasteiger partial charge in [0, 0.05) is 31.7 Å². The number of esters is 1. The quantitative estimate of drug-likeness (QED) is 0.579. The second-order valence-corrected chi connectivity index (χ2v) is 11.7. The fourth-order valence-electron chi connectivity index (χ4n) is 8.27. The fourth-order valence-corrected chi connectivity index (χ4v) is 8.27. The highest BCUT2D eigenvalue weighted by Crippen LogP contribution is 2.72. The van der Waals surface area contributed by atoms with E-state index in [0.717, 1.165) is 37.8 Å². The first-order valence-corrected chi connectivity index (χ1v) is 12.6. The van der Waals surface area contributed by atoms with Crippen LogP contribution in [0.15, 0.2) is 24.4 Å². The Balaban J connectivity index is 1.66. The highest BCUT2D eigenvalue weighted by molar-refractivity contribution is 5.66. The normalized spacial score (nSPS) is 45.4. The van der Waals surface area contributed by atoms with E-state index < -0.39 is 11.0 Å². The van der Waals surface area contributed by atoms with Crippen LogP contribution in [-0.4, -0.2) is 45.6 Å². The maximum Gasteiger partial charge on any atom is 0.302 e. The van der Waals surface area contributed by atoms with Gasteiger partial charge in [-0.05, 0) is 85.7 Å². The average Bonchev–Trinajstić information content (AvgIpc) is 3.02. The highest BCUT2D eigenvalue weighted by atomic mass is 16.5. The summed E-state index contributed by atoms with van der Waals surface area (Å²) in [5.41, 5.74) is -1.11. The van der Waals surface area contributed by atoms with Gasteiger partial charge in [0.05, 0.1) is 5.69 Å². The molecule has 0 aliphatic heterocycles. The zero-order valence-electron chi connectivity index (χ0n) is 20.6. The smallest absolute Gasteiger partial charge is 0.302 e. The molecule has 1 aromatic rings. The van der Waals surface area contributed by atoms with E-state index in [0.29, 0.717) is 12.8 Å². The van der Waals surface area contributed by atoms with Gasteiger partial charge in [0.25, 0.3) is 0 Å². The Kier molecular flexibility index (Phi) is 6.43. The van der Waals surface area contributed by atoms with E-state index in [1.54, 1.807) is 6.20 Å². The Morgan fingerprint density at radius 2 is 1.85 bits per heavy atom. The van der Waals surface area contributed by atoms with E-state index in [2.05, 4.69) is 25.8 Å². The van der Waals surface area contributed by atoms with Crippen molar-refractivity contribution in [3.8, 4) is 0 Å². The molecule has 3 saturated carbocycles. The number of carbonyl (C=O) groups excluding carboxylic acids is 1. The van der Waals surface area contributed by atoms with Gasteiger partial charge in [0.2, 0.25) is 0 Å². The van der Waals surface area contributed by atoms with Crippen molar-refractivity contribution in [2.75, 3.05) is 13.2 Å². The number of aliphatic hydroxyl groups excluding tert-OH is 2. The minimum atomic E-state index is -1.02. The molecule has 3 N–H and O–H groups in total. The molecule has 0 bridgehead atoms. The maximum absolute atomic E-state index is 12.0. The minimum absolute atomic E-state index is 0.0123. The summed E-state index contributed by atoms with van der Waals surface area (Å²) >= 11 is 0. The van der Waals surface area contributed by atoms with Crippen LogP contribution < -0.4 is 0 Å². The second-order valence-electron chi connectivity index (χ2n) is 11.7. The SMILES string of the molecule is CC(=O)O[C@H]1CC[C@](C)([C@H]2CC[C@]3(C)[C@](O)(c4ccccn4)CC[C@@]3(C)[C@@H]2CO)[C@@H](CO)C1. The lowest BCUT2D eigenvalue weighted by molar-refractivity contribution is -0.193. The van der Waals surface area contributed by atoms with Crippen molar-refractivity contribution in [2.45, 2.75) is 84.3 Å². The number of aromatic nitrogens is 1. The molecular formula is C27H41NO5. The number of carbonyl (C=O) groups is 1. The van der Waals surface area contributed by atoms with E-state index in [9.17, 15) is 20.1 Å². The molecule has 3 fully saturated rings. The third-order valence-electron chi connectivity index (χ3n) is 10.6. The van der Waals surface area contributed by atoms with Gasteiger partial charge in [-0.3, -0.25) is 9.78 Å². The van der Waals surface area contributed by atoms with Crippen LogP contribution in [0.3, 0.4) is 0 Å². The van der Waals surface area contributed by atoms with Crippen LogP contribution in [0.5, 0.6) is 0 Å². The van der Waals surface area contributed by atoms with Crippen molar-refractivity contribution >= 4 is 5.97 Å². The second kappa shape index (κ2) is 8.62.